The van der Waals surface area contributed by atoms with Crippen LogP contribution in [0.1, 0.15) is 91.3 Å². The molecule has 4 amide bonds. The zero-order valence-corrected chi connectivity index (χ0v) is 34.4. The highest BCUT2D eigenvalue weighted by Gasteiger charge is 2.46. The van der Waals surface area contributed by atoms with Crippen LogP contribution >= 0.6 is 11.3 Å². The van der Waals surface area contributed by atoms with Crippen molar-refractivity contribution in [2.75, 3.05) is 27.8 Å². The van der Waals surface area contributed by atoms with Crippen molar-refractivity contribution >= 4 is 35.0 Å². The van der Waals surface area contributed by atoms with Gasteiger partial charge in [-0.25, -0.2) is 4.98 Å². The molecule has 12 nitrogen and oxygen atoms in total. The summed E-state index contributed by atoms with van der Waals surface area (Å²) < 4.78 is 12.1. The van der Waals surface area contributed by atoms with Crippen LogP contribution in [-0.4, -0.2) is 102 Å². The summed E-state index contributed by atoms with van der Waals surface area (Å²) in [4.78, 5) is 63.2. The van der Waals surface area contributed by atoms with Crippen LogP contribution in [-0.2, 0) is 35.1 Å². The SMILES string of the molecule is CCC(C)C(C(CC(=O)N1CCC(C)C1C(OC)C(C)C(=O)NC(Cc1ccccc1)c1nccs1)OC)N(C)C(=O)C(NC(=O)C(C)(C)N)C(C)C. The normalized spacial score (nSPS) is 20.2. The average molecular weight is 757 g/mol. The van der Waals surface area contributed by atoms with Gasteiger partial charge in [0.2, 0.25) is 23.6 Å². The number of nitrogens with one attached hydrogen (secondary N) is 2. The molecule has 1 aliphatic heterocycles. The molecular weight excluding hydrogens is 693 g/mol. The summed E-state index contributed by atoms with van der Waals surface area (Å²) >= 11 is 1.50. The molecule has 2 heterocycles. The fourth-order valence-corrected chi connectivity index (χ4v) is 8.08. The Morgan fingerprint density at radius 1 is 1.08 bits per heavy atom. The van der Waals surface area contributed by atoms with E-state index in [4.69, 9.17) is 15.2 Å². The van der Waals surface area contributed by atoms with Gasteiger partial charge in [0.15, 0.2) is 0 Å². The quantitative estimate of drug-likeness (QED) is 0.188. The lowest BCUT2D eigenvalue weighted by molar-refractivity contribution is -0.148. The van der Waals surface area contributed by atoms with Crippen molar-refractivity contribution in [1.29, 1.82) is 0 Å². The van der Waals surface area contributed by atoms with E-state index in [1.807, 2.05) is 75.2 Å². The predicted molar refractivity (Wildman–Crippen MR) is 209 cm³/mol. The lowest BCUT2D eigenvalue weighted by Crippen LogP contribution is -2.60. The van der Waals surface area contributed by atoms with E-state index in [0.717, 1.165) is 23.4 Å². The Bertz CT molecular complexity index is 1470. The minimum Gasteiger partial charge on any atom is -0.379 e. The Kier molecular flexibility index (Phi) is 16.4. The first-order valence-electron chi connectivity index (χ1n) is 18.9. The average Bonchev–Trinajstić information content (AvgIpc) is 3.80. The summed E-state index contributed by atoms with van der Waals surface area (Å²) in [6.07, 6.45) is 2.67. The van der Waals surface area contributed by atoms with Crippen molar-refractivity contribution in [2.24, 2.45) is 29.4 Å². The number of thiazole rings is 1. The van der Waals surface area contributed by atoms with Crippen molar-refractivity contribution in [3.05, 3.63) is 52.5 Å². The van der Waals surface area contributed by atoms with Gasteiger partial charge in [-0.15, -0.1) is 11.3 Å². The molecule has 53 heavy (non-hydrogen) atoms. The molecule has 3 rings (SSSR count). The maximum absolute atomic E-state index is 14.3. The smallest absolute Gasteiger partial charge is 0.245 e. The fraction of sp³-hybridized carbons (Fsp3) is 0.675. The summed E-state index contributed by atoms with van der Waals surface area (Å²) in [6, 6.07) is 8.07. The molecular formula is C40H64N6O6S. The van der Waals surface area contributed by atoms with Gasteiger partial charge in [0.25, 0.3) is 0 Å². The molecule has 0 spiro atoms. The van der Waals surface area contributed by atoms with E-state index in [1.54, 1.807) is 46.2 Å². The molecule has 0 saturated carbocycles. The van der Waals surface area contributed by atoms with Crippen LogP contribution in [0.25, 0.3) is 0 Å². The molecule has 0 aliphatic carbocycles. The van der Waals surface area contributed by atoms with Gasteiger partial charge >= 0.3 is 0 Å². The number of likely N-dealkylation sites (tertiary alicyclic amines) is 1. The second kappa shape index (κ2) is 19.8. The Morgan fingerprint density at radius 2 is 1.74 bits per heavy atom. The zero-order chi connectivity index (χ0) is 39.6. The molecule has 9 unspecified atom stereocenters. The highest BCUT2D eigenvalue weighted by Crippen LogP contribution is 2.33. The van der Waals surface area contributed by atoms with Crippen molar-refractivity contribution in [1.82, 2.24) is 25.4 Å². The molecule has 1 fully saturated rings. The first-order valence-corrected chi connectivity index (χ1v) is 19.8. The van der Waals surface area contributed by atoms with Crippen LogP contribution in [0.15, 0.2) is 41.9 Å². The molecule has 1 aromatic heterocycles. The first kappa shape index (κ1) is 44.0. The Labute approximate surface area is 320 Å². The van der Waals surface area contributed by atoms with Gasteiger partial charge < -0.3 is 35.6 Å². The number of nitrogens with two attached hydrogens (primary N) is 1. The number of benzene rings is 1. The standard InChI is InChI=1S/C40H64N6O6S/c1-12-25(4)33(45(9)38(49)32(24(2)3)44-39(50)40(7,8)41)30(51-10)23-31(47)46-20-18-26(5)34(46)35(52-11)27(6)36(48)43-29(37-42-19-21-53-37)22-28-16-14-13-15-17-28/h13-17,19,21,24-27,29-30,32-35H,12,18,20,22-23,41H2,1-11H3,(H,43,48)(H,44,50). The van der Waals surface area contributed by atoms with Crippen LogP contribution < -0.4 is 16.4 Å². The maximum Gasteiger partial charge on any atom is 0.245 e. The number of amides is 4. The molecule has 4 N–H and O–H groups in total. The number of likely N-dealkylation sites (N-methyl/N-ethyl adjacent to an activating group) is 1. The highest BCUT2D eigenvalue weighted by molar-refractivity contribution is 7.09. The monoisotopic (exact) mass is 756 g/mol. The van der Waals surface area contributed by atoms with Crippen LogP contribution in [0.3, 0.4) is 0 Å². The largest absolute Gasteiger partial charge is 0.379 e. The molecule has 296 valence electrons. The summed E-state index contributed by atoms with van der Waals surface area (Å²) in [5.41, 5.74) is 5.97. The third-order valence-electron chi connectivity index (χ3n) is 10.8. The first-order chi connectivity index (χ1) is 25.0. The Hall–Kier alpha value is -3.39. The topological polar surface area (TPSA) is 156 Å². The molecule has 1 aliphatic rings. The summed E-state index contributed by atoms with van der Waals surface area (Å²) in [7, 11) is 4.87. The zero-order valence-electron chi connectivity index (χ0n) is 33.6. The van der Waals surface area contributed by atoms with E-state index in [0.29, 0.717) is 13.0 Å². The molecule has 0 radical (unpaired) electrons. The van der Waals surface area contributed by atoms with Crippen LogP contribution in [0.5, 0.6) is 0 Å². The number of aromatic nitrogens is 1. The second-order valence-electron chi connectivity index (χ2n) is 15.7. The lowest BCUT2D eigenvalue weighted by atomic mass is 9.88. The van der Waals surface area contributed by atoms with Gasteiger partial charge in [-0.05, 0) is 50.0 Å². The van der Waals surface area contributed by atoms with Crippen LogP contribution in [0, 0.1) is 23.7 Å². The maximum atomic E-state index is 14.3. The number of carbonyl (C=O) groups is 4. The number of carbonyl (C=O) groups excluding carboxylic acids is 4. The van der Waals surface area contributed by atoms with Gasteiger partial charge in [0, 0.05) is 39.4 Å². The lowest BCUT2D eigenvalue weighted by Gasteiger charge is -2.41. The molecule has 0 bridgehead atoms. The number of rotatable bonds is 19. The van der Waals surface area contributed by atoms with Gasteiger partial charge in [0.1, 0.15) is 11.0 Å². The van der Waals surface area contributed by atoms with Crippen LogP contribution in [0.2, 0.25) is 0 Å². The molecule has 1 aromatic carbocycles. The number of methoxy groups -OCH3 is 2. The van der Waals surface area contributed by atoms with E-state index < -0.39 is 41.7 Å². The second-order valence-corrected chi connectivity index (χ2v) is 16.6. The van der Waals surface area contributed by atoms with E-state index in [9.17, 15) is 19.2 Å². The van der Waals surface area contributed by atoms with Crippen molar-refractivity contribution in [3.63, 3.8) is 0 Å². The van der Waals surface area contributed by atoms with Gasteiger partial charge in [-0.1, -0.05) is 78.3 Å². The number of ether oxygens (including phenoxy) is 2. The predicted octanol–water partition coefficient (Wildman–Crippen LogP) is 4.59. The summed E-state index contributed by atoms with van der Waals surface area (Å²) in [6.45, 7) is 15.5. The van der Waals surface area contributed by atoms with Crippen molar-refractivity contribution in [2.45, 2.75) is 123 Å². The van der Waals surface area contributed by atoms with E-state index in [-0.39, 0.29) is 54.0 Å². The van der Waals surface area contributed by atoms with Gasteiger partial charge in [-0.3, -0.25) is 19.2 Å². The molecule has 13 heteroatoms. The third-order valence-corrected chi connectivity index (χ3v) is 11.7. The molecule has 1 saturated heterocycles. The van der Waals surface area contributed by atoms with Gasteiger partial charge in [-0.2, -0.15) is 0 Å². The molecule has 2 aromatic rings. The van der Waals surface area contributed by atoms with E-state index >= 15 is 0 Å². The Balaban J connectivity index is 1.82. The fourth-order valence-electron chi connectivity index (χ4n) is 7.39. The highest BCUT2D eigenvalue weighted by atomic mass is 32.1. The summed E-state index contributed by atoms with van der Waals surface area (Å²) in [5, 5.41) is 8.81. The number of hydrogen-bond donors (Lipinski definition) is 3. The van der Waals surface area contributed by atoms with Crippen LogP contribution in [0.4, 0.5) is 0 Å². The van der Waals surface area contributed by atoms with Crippen molar-refractivity contribution in [3.8, 4) is 0 Å². The summed E-state index contributed by atoms with van der Waals surface area (Å²) in [5.74, 6) is -1.71. The third kappa shape index (κ3) is 11.3. The minimum atomic E-state index is -1.16. The van der Waals surface area contributed by atoms with Gasteiger partial charge in [0.05, 0.1) is 48.2 Å². The number of hydrogen-bond acceptors (Lipinski definition) is 9. The number of nitrogens with zero attached hydrogens (tertiary/aromatic N) is 3. The Morgan fingerprint density at radius 3 is 2.26 bits per heavy atom. The van der Waals surface area contributed by atoms with E-state index in [2.05, 4.69) is 22.5 Å². The molecule has 9 atom stereocenters. The minimum absolute atomic E-state index is 0.0263. The van der Waals surface area contributed by atoms with Crippen molar-refractivity contribution < 1.29 is 28.7 Å². The van der Waals surface area contributed by atoms with E-state index in [1.165, 1.54) is 11.3 Å².